The largest absolute Gasteiger partial charge is 0.377 e. The minimum atomic E-state index is 0.264. The van der Waals surface area contributed by atoms with E-state index in [0.29, 0.717) is 5.92 Å². The van der Waals surface area contributed by atoms with Gasteiger partial charge in [0.1, 0.15) is 0 Å². The number of rotatable bonds is 2. The Balaban J connectivity index is 2.55. The number of hydrogen-bond acceptors (Lipinski definition) is 1. The van der Waals surface area contributed by atoms with E-state index in [2.05, 4.69) is 20.1 Å². The average Bonchev–Trinajstić information content (AvgIpc) is 2.05. The summed E-state index contributed by atoms with van der Waals surface area (Å²) in [4.78, 5) is 0. The maximum atomic E-state index is 5.34. The van der Waals surface area contributed by atoms with Crippen molar-refractivity contribution < 1.29 is 4.74 Å². The molecule has 1 saturated carbocycles. The monoisotopic (exact) mass is 166 g/mol. The summed E-state index contributed by atoms with van der Waals surface area (Å²) in [5.41, 5.74) is 2.53. The maximum absolute atomic E-state index is 5.34. The van der Waals surface area contributed by atoms with Crippen molar-refractivity contribution >= 4 is 0 Å². The van der Waals surface area contributed by atoms with Crippen molar-refractivity contribution in [3.63, 3.8) is 0 Å². The van der Waals surface area contributed by atoms with Gasteiger partial charge in [0, 0.05) is 7.11 Å². The van der Waals surface area contributed by atoms with E-state index in [1.54, 1.807) is 7.11 Å². The van der Waals surface area contributed by atoms with Crippen LogP contribution in [-0.2, 0) is 4.74 Å². The highest BCUT2D eigenvalue weighted by atomic mass is 16.5. The lowest BCUT2D eigenvalue weighted by molar-refractivity contribution is 0.0963. The molecule has 0 aromatic rings. The van der Waals surface area contributed by atoms with Crippen LogP contribution in [0.3, 0.4) is 0 Å². The molecule has 0 saturated heterocycles. The van der Waals surface area contributed by atoms with E-state index < -0.39 is 0 Å². The standard InChI is InChI=1S/C11H18O/c1-8(2)10-6-5-9(3)11(7-10)12-4/h10-11H,1,3,5-7H2,2,4H3/t10-,11+/m1/s1. The second-order valence-electron chi connectivity index (χ2n) is 3.70. The van der Waals surface area contributed by atoms with Crippen LogP contribution in [0.4, 0.5) is 0 Å². The minimum Gasteiger partial charge on any atom is -0.377 e. The summed E-state index contributed by atoms with van der Waals surface area (Å²) in [5.74, 6) is 0.639. The zero-order valence-electron chi connectivity index (χ0n) is 8.10. The summed E-state index contributed by atoms with van der Waals surface area (Å²) >= 11 is 0. The molecule has 0 amide bonds. The first kappa shape index (κ1) is 9.53. The zero-order valence-corrected chi connectivity index (χ0v) is 8.10. The summed E-state index contributed by atoms with van der Waals surface area (Å²) in [6.45, 7) is 10.1. The van der Waals surface area contributed by atoms with Crippen LogP contribution in [-0.4, -0.2) is 13.2 Å². The van der Waals surface area contributed by atoms with Crippen molar-refractivity contribution in [1.29, 1.82) is 0 Å². The van der Waals surface area contributed by atoms with Crippen LogP contribution in [0.2, 0.25) is 0 Å². The molecule has 1 nitrogen and oxygen atoms in total. The van der Waals surface area contributed by atoms with Gasteiger partial charge in [0.15, 0.2) is 0 Å². The van der Waals surface area contributed by atoms with Gasteiger partial charge in [-0.3, -0.25) is 0 Å². The molecular weight excluding hydrogens is 148 g/mol. The molecule has 1 aliphatic carbocycles. The second-order valence-corrected chi connectivity index (χ2v) is 3.70. The van der Waals surface area contributed by atoms with Gasteiger partial charge in [-0.1, -0.05) is 18.7 Å². The van der Waals surface area contributed by atoms with Gasteiger partial charge >= 0.3 is 0 Å². The molecule has 68 valence electrons. The van der Waals surface area contributed by atoms with Crippen LogP contribution in [0.5, 0.6) is 0 Å². The summed E-state index contributed by atoms with van der Waals surface area (Å²) in [6.07, 6.45) is 3.63. The Hall–Kier alpha value is -0.560. The van der Waals surface area contributed by atoms with Crippen LogP contribution in [0, 0.1) is 5.92 Å². The van der Waals surface area contributed by atoms with Crippen LogP contribution in [0.15, 0.2) is 24.3 Å². The van der Waals surface area contributed by atoms with Crippen molar-refractivity contribution in [2.24, 2.45) is 5.92 Å². The van der Waals surface area contributed by atoms with E-state index >= 15 is 0 Å². The van der Waals surface area contributed by atoms with Crippen molar-refractivity contribution in [2.75, 3.05) is 7.11 Å². The molecule has 0 heterocycles. The smallest absolute Gasteiger partial charge is 0.0784 e. The zero-order chi connectivity index (χ0) is 9.14. The third-order valence-electron chi connectivity index (χ3n) is 2.75. The molecule has 0 N–H and O–H groups in total. The van der Waals surface area contributed by atoms with Crippen molar-refractivity contribution in [3.8, 4) is 0 Å². The summed E-state index contributed by atoms with van der Waals surface area (Å²) < 4.78 is 5.34. The van der Waals surface area contributed by atoms with Crippen LogP contribution >= 0.6 is 0 Å². The maximum Gasteiger partial charge on any atom is 0.0784 e. The molecule has 0 aromatic carbocycles. The third-order valence-corrected chi connectivity index (χ3v) is 2.75. The lowest BCUT2D eigenvalue weighted by Gasteiger charge is -2.30. The Bertz CT molecular complexity index is 193. The fraction of sp³-hybridized carbons (Fsp3) is 0.636. The summed E-state index contributed by atoms with van der Waals surface area (Å²) in [5, 5.41) is 0. The quantitative estimate of drug-likeness (QED) is 0.573. The molecule has 0 radical (unpaired) electrons. The van der Waals surface area contributed by atoms with E-state index in [9.17, 15) is 0 Å². The fourth-order valence-corrected chi connectivity index (χ4v) is 1.77. The van der Waals surface area contributed by atoms with Gasteiger partial charge in [-0.2, -0.15) is 0 Å². The number of ether oxygens (including phenoxy) is 1. The van der Waals surface area contributed by atoms with Gasteiger partial charge < -0.3 is 4.74 Å². The van der Waals surface area contributed by atoms with E-state index in [0.717, 1.165) is 12.8 Å². The van der Waals surface area contributed by atoms with E-state index in [1.165, 1.54) is 17.6 Å². The second kappa shape index (κ2) is 3.90. The molecule has 0 bridgehead atoms. The molecule has 1 fully saturated rings. The topological polar surface area (TPSA) is 9.23 Å². The van der Waals surface area contributed by atoms with E-state index in [-0.39, 0.29) is 6.10 Å². The van der Waals surface area contributed by atoms with Gasteiger partial charge in [-0.15, -0.1) is 0 Å². The van der Waals surface area contributed by atoms with Gasteiger partial charge in [0.05, 0.1) is 6.10 Å². The Morgan fingerprint density at radius 3 is 2.75 bits per heavy atom. The molecule has 0 aliphatic heterocycles. The number of methoxy groups -OCH3 is 1. The van der Waals surface area contributed by atoms with Crippen molar-refractivity contribution in [1.82, 2.24) is 0 Å². The molecule has 12 heavy (non-hydrogen) atoms. The molecule has 1 rings (SSSR count). The molecule has 1 aliphatic rings. The first-order chi connectivity index (χ1) is 5.65. The molecule has 0 aromatic heterocycles. The Morgan fingerprint density at radius 1 is 1.58 bits per heavy atom. The highest BCUT2D eigenvalue weighted by Crippen LogP contribution is 2.32. The Labute approximate surface area is 75.1 Å². The lowest BCUT2D eigenvalue weighted by Crippen LogP contribution is -2.24. The molecule has 1 heteroatoms. The van der Waals surface area contributed by atoms with Gasteiger partial charge in [0.2, 0.25) is 0 Å². The Kier molecular flexibility index (Phi) is 3.10. The summed E-state index contributed by atoms with van der Waals surface area (Å²) in [7, 11) is 1.76. The minimum absolute atomic E-state index is 0.264. The highest BCUT2D eigenvalue weighted by Gasteiger charge is 2.24. The van der Waals surface area contributed by atoms with Gasteiger partial charge in [0.25, 0.3) is 0 Å². The first-order valence-corrected chi connectivity index (χ1v) is 4.51. The first-order valence-electron chi connectivity index (χ1n) is 4.51. The predicted molar refractivity (Wildman–Crippen MR) is 52.1 cm³/mol. The van der Waals surface area contributed by atoms with Crippen molar-refractivity contribution in [2.45, 2.75) is 32.3 Å². The SMILES string of the molecule is C=C(C)[C@@H]1CCC(=C)[C@@H](OC)C1. The van der Waals surface area contributed by atoms with Crippen LogP contribution < -0.4 is 0 Å². The molecule has 0 unspecified atom stereocenters. The predicted octanol–water partition coefficient (Wildman–Crippen LogP) is 2.93. The average molecular weight is 166 g/mol. The van der Waals surface area contributed by atoms with Gasteiger partial charge in [-0.05, 0) is 37.7 Å². The normalized spacial score (nSPS) is 30.3. The summed E-state index contributed by atoms with van der Waals surface area (Å²) in [6, 6.07) is 0. The number of hydrogen-bond donors (Lipinski definition) is 0. The number of allylic oxidation sites excluding steroid dienone is 1. The van der Waals surface area contributed by atoms with Gasteiger partial charge in [-0.25, -0.2) is 0 Å². The van der Waals surface area contributed by atoms with Crippen LogP contribution in [0.25, 0.3) is 0 Å². The Morgan fingerprint density at radius 2 is 2.25 bits per heavy atom. The molecule has 0 spiro atoms. The van der Waals surface area contributed by atoms with E-state index in [4.69, 9.17) is 4.74 Å². The van der Waals surface area contributed by atoms with E-state index in [1.807, 2.05) is 0 Å². The molecular formula is C11H18O. The highest BCUT2D eigenvalue weighted by molar-refractivity contribution is 5.11. The molecule has 2 atom stereocenters. The third kappa shape index (κ3) is 1.98. The van der Waals surface area contributed by atoms with Crippen LogP contribution in [0.1, 0.15) is 26.2 Å². The lowest BCUT2D eigenvalue weighted by atomic mass is 9.81. The van der Waals surface area contributed by atoms with Crippen molar-refractivity contribution in [3.05, 3.63) is 24.3 Å². The fourth-order valence-electron chi connectivity index (χ4n) is 1.77.